The van der Waals surface area contributed by atoms with Crippen LogP contribution in [0.25, 0.3) is 0 Å². The fraction of sp³-hybridized carbons (Fsp3) is 0.833. The Kier molecular flexibility index (Phi) is 9.83. The van der Waals surface area contributed by atoms with E-state index < -0.39 is 41.3 Å². The Morgan fingerprint density at radius 2 is 1.65 bits per heavy atom. The average molecular weight is 282 g/mol. The van der Waals surface area contributed by atoms with Gasteiger partial charge in [0, 0.05) is 29.6 Å². The number of aliphatic hydroxyl groups is 4. The van der Waals surface area contributed by atoms with Gasteiger partial charge in [0.05, 0.1) is 6.61 Å². The largest absolute Gasteiger partial charge is 0.394 e. The molecule has 0 aromatic carbocycles. The summed E-state index contributed by atoms with van der Waals surface area (Å²) in [6, 6.07) is -1.84. The van der Waals surface area contributed by atoms with Crippen LogP contribution in [0.2, 0.25) is 0 Å². The molecule has 0 amide bonds. The summed E-state index contributed by atoms with van der Waals surface area (Å²) in [7, 11) is -4.74. The van der Waals surface area contributed by atoms with E-state index in [2.05, 4.69) is 0 Å². The van der Waals surface area contributed by atoms with E-state index in [9.17, 15) is 18.3 Å². The maximum absolute atomic E-state index is 10.4. The first-order valence-corrected chi connectivity index (χ1v) is 5.52. The average Bonchev–Trinajstić information content (AvgIpc) is 2.21. The van der Waals surface area contributed by atoms with Gasteiger partial charge in [0.1, 0.15) is 30.6 Å². The van der Waals surface area contributed by atoms with Crippen LogP contribution in [0.3, 0.4) is 0 Å². The van der Waals surface area contributed by atoms with Crippen LogP contribution in [0, 0.1) is 0 Å². The van der Waals surface area contributed by atoms with E-state index in [-0.39, 0.29) is 35.8 Å². The molecule has 0 aliphatic rings. The number of hydrogen-bond acceptors (Lipinski definition) is 7. The molecule has 0 rings (SSSR count). The third kappa shape index (κ3) is 7.41. The van der Waals surface area contributed by atoms with Crippen LogP contribution in [0.5, 0.6) is 0 Å². The molecule has 4 atom stereocenters. The summed E-state index contributed by atoms with van der Waals surface area (Å²) in [6.45, 7) is -0.893. The number of nitrogens with one attached hydrogen (secondary N) is 1. The molecule has 0 heterocycles. The van der Waals surface area contributed by atoms with Gasteiger partial charge >= 0.3 is 10.3 Å². The van der Waals surface area contributed by atoms with Crippen LogP contribution in [0.15, 0.2) is 0 Å². The molecule has 0 aromatic heterocycles. The molecule has 0 aliphatic heterocycles. The van der Waals surface area contributed by atoms with Crippen molar-refractivity contribution in [1.82, 2.24) is 4.72 Å². The minimum atomic E-state index is -4.74. The summed E-state index contributed by atoms with van der Waals surface area (Å²) in [5.41, 5.74) is 0. The number of carbonyl (C=O) groups excluding carboxylic acids is 1. The fourth-order valence-electron chi connectivity index (χ4n) is 0.898. The second kappa shape index (κ2) is 8.48. The van der Waals surface area contributed by atoms with E-state index in [0.29, 0.717) is 0 Å². The molecule has 6 N–H and O–H groups in total. The molecule has 0 fully saturated rings. The van der Waals surface area contributed by atoms with Gasteiger partial charge < -0.3 is 25.2 Å². The first-order valence-electron chi connectivity index (χ1n) is 4.08. The molecule has 1 radical (unpaired) electrons. The summed E-state index contributed by atoms with van der Waals surface area (Å²) in [6.07, 6.45) is -5.79. The van der Waals surface area contributed by atoms with Gasteiger partial charge in [-0.3, -0.25) is 4.55 Å². The van der Waals surface area contributed by atoms with Gasteiger partial charge in [0.25, 0.3) is 0 Å². The number of aliphatic hydroxyl groups excluding tert-OH is 4. The van der Waals surface area contributed by atoms with Crippen molar-refractivity contribution in [2.75, 3.05) is 6.61 Å². The van der Waals surface area contributed by atoms with Crippen LogP contribution < -0.4 is 4.72 Å². The van der Waals surface area contributed by atoms with Crippen molar-refractivity contribution in [2.45, 2.75) is 24.4 Å². The molecule has 0 aromatic rings. The molecule has 9 nitrogen and oxygen atoms in total. The molecule has 0 saturated carbocycles. The third-order valence-electron chi connectivity index (χ3n) is 1.73. The van der Waals surface area contributed by atoms with Gasteiger partial charge in [0.15, 0.2) is 0 Å². The second-order valence-electron chi connectivity index (χ2n) is 2.99. The van der Waals surface area contributed by atoms with Crippen LogP contribution >= 0.6 is 0 Å². The smallest absolute Gasteiger partial charge is 0.334 e. The predicted octanol–water partition coefficient (Wildman–Crippen LogP) is -4.36. The van der Waals surface area contributed by atoms with Crippen molar-refractivity contribution >= 4 is 46.1 Å². The molecule has 0 bridgehead atoms. The van der Waals surface area contributed by atoms with E-state index >= 15 is 0 Å². The van der Waals surface area contributed by atoms with Crippen LogP contribution in [-0.2, 0) is 15.1 Å². The normalized spacial score (nSPS) is 18.6. The van der Waals surface area contributed by atoms with Gasteiger partial charge in [-0.2, -0.15) is 13.1 Å². The summed E-state index contributed by atoms with van der Waals surface area (Å²) < 4.78 is 30.4. The molecular weight excluding hydrogens is 269 g/mol. The zero-order chi connectivity index (χ0) is 12.9. The van der Waals surface area contributed by atoms with Crippen LogP contribution in [-0.4, -0.2) is 100 Å². The van der Waals surface area contributed by atoms with Gasteiger partial charge in [0.2, 0.25) is 0 Å². The van der Waals surface area contributed by atoms with Gasteiger partial charge in [-0.05, 0) is 0 Å². The SMILES string of the molecule is O=CC(NS(=O)(=O)O)C(O)C(O)C(O)CO.[Na]. The van der Waals surface area contributed by atoms with Crippen molar-refractivity contribution in [3.05, 3.63) is 0 Å². The Balaban J connectivity index is 0. The molecule has 0 aliphatic carbocycles. The Morgan fingerprint density at radius 3 is 1.94 bits per heavy atom. The Hall–Kier alpha value is 0.380. The second-order valence-corrected chi connectivity index (χ2v) is 4.17. The van der Waals surface area contributed by atoms with Gasteiger partial charge in [-0.25, -0.2) is 0 Å². The molecule has 0 saturated heterocycles. The van der Waals surface area contributed by atoms with E-state index in [4.69, 9.17) is 19.9 Å². The van der Waals surface area contributed by atoms with Crippen LogP contribution in [0.4, 0.5) is 0 Å². The maximum atomic E-state index is 10.4. The van der Waals surface area contributed by atoms with Crippen molar-refractivity contribution in [3.63, 3.8) is 0 Å². The Labute approximate surface area is 120 Å². The quantitative estimate of drug-likeness (QED) is 0.155. The van der Waals surface area contributed by atoms with Crippen molar-refractivity contribution in [3.8, 4) is 0 Å². The Morgan fingerprint density at radius 1 is 1.18 bits per heavy atom. The van der Waals surface area contributed by atoms with E-state index in [1.165, 1.54) is 4.72 Å². The minimum Gasteiger partial charge on any atom is -0.394 e. The molecule has 4 unspecified atom stereocenters. The van der Waals surface area contributed by atoms with Gasteiger partial charge in [-0.1, -0.05) is 0 Å². The first-order chi connectivity index (χ1) is 7.22. The molecule has 97 valence electrons. The molecule has 11 heteroatoms. The molecule has 17 heavy (non-hydrogen) atoms. The summed E-state index contributed by atoms with van der Waals surface area (Å²) in [5.74, 6) is 0. The topological polar surface area (TPSA) is 164 Å². The predicted molar refractivity (Wildman–Crippen MR) is 55.4 cm³/mol. The Bertz CT molecular complexity index is 322. The summed E-state index contributed by atoms with van der Waals surface area (Å²) in [4.78, 5) is 10.4. The van der Waals surface area contributed by atoms with Crippen molar-refractivity contribution < 1.29 is 38.2 Å². The van der Waals surface area contributed by atoms with Crippen LogP contribution in [0.1, 0.15) is 0 Å². The third-order valence-corrected chi connectivity index (χ3v) is 2.30. The fourth-order valence-corrected chi connectivity index (χ4v) is 1.44. The van der Waals surface area contributed by atoms with E-state index in [1.54, 1.807) is 0 Å². The molecular formula is C6H13NNaO8S. The standard InChI is InChI=1S/C6H13NO8S.Na/c8-1-3(7-16(13,14)15)5(11)6(12)4(10)2-9;/h1,3-7,9-12H,2H2,(H,13,14,15);. The molecule has 0 spiro atoms. The number of carbonyl (C=O) groups is 1. The van der Waals surface area contributed by atoms with E-state index in [1.807, 2.05) is 0 Å². The maximum Gasteiger partial charge on any atom is 0.334 e. The first kappa shape index (κ1) is 19.7. The zero-order valence-electron chi connectivity index (χ0n) is 8.96. The summed E-state index contributed by atoms with van der Waals surface area (Å²) >= 11 is 0. The zero-order valence-corrected chi connectivity index (χ0v) is 11.8. The van der Waals surface area contributed by atoms with E-state index in [0.717, 1.165) is 0 Å². The van der Waals surface area contributed by atoms with Crippen molar-refractivity contribution in [1.29, 1.82) is 0 Å². The van der Waals surface area contributed by atoms with Gasteiger partial charge in [-0.15, -0.1) is 0 Å². The number of hydrogen-bond donors (Lipinski definition) is 6. The number of aldehydes is 1. The number of rotatable bonds is 7. The summed E-state index contributed by atoms with van der Waals surface area (Å²) in [5, 5.41) is 35.8. The minimum absolute atomic E-state index is 0. The van der Waals surface area contributed by atoms with Crippen molar-refractivity contribution in [2.24, 2.45) is 0 Å². The monoisotopic (exact) mass is 282 g/mol.